The number of ether oxygens (including phenoxy) is 1. The van der Waals surface area contributed by atoms with Crippen molar-refractivity contribution in [1.29, 1.82) is 0 Å². The van der Waals surface area contributed by atoms with Crippen molar-refractivity contribution in [2.45, 2.75) is 110 Å². The van der Waals surface area contributed by atoms with Crippen LogP contribution >= 0.6 is 0 Å². The minimum absolute atomic E-state index is 0.00754. The van der Waals surface area contributed by atoms with Crippen LogP contribution < -0.4 is 16.4 Å². The number of amides is 4. The fraction of sp³-hybridized carbons (Fsp3) is 0.643. The summed E-state index contributed by atoms with van der Waals surface area (Å²) >= 11 is 0. The molecule has 1 aliphatic carbocycles. The standard InChI is InChI=1S/C28H44N4O5/c1-7-8-16-30-25(34)24(21-17-18(2)12-13-19(21)3)32(20-10-9-11-20)26(35)22(14-15-23(29)33)31-27(36)37-28(4,5)6/h12-13,17,20,22,24H,7-11,14-16H2,1-6H3,(H2,29,33)(H,30,34)(H,31,36). The number of carbonyl (C=O) groups is 4. The highest BCUT2D eigenvalue weighted by molar-refractivity contribution is 5.93. The van der Waals surface area contributed by atoms with Crippen molar-refractivity contribution in [1.82, 2.24) is 15.5 Å². The number of rotatable bonds is 12. The Morgan fingerprint density at radius 2 is 1.84 bits per heavy atom. The average molecular weight is 517 g/mol. The predicted octanol–water partition coefficient (Wildman–Crippen LogP) is 3.80. The number of carbonyl (C=O) groups excluding carboxylic acids is 4. The Labute approximate surface area is 220 Å². The number of hydrogen-bond donors (Lipinski definition) is 3. The van der Waals surface area contributed by atoms with E-state index in [-0.39, 0.29) is 24.8 Å². The number of nitrogens with one attached hydrogen (secondary N) is 2. The third kappa shape index (κ3) is 9.05. The maximum absolute atomic E-state index is 14.2. The van der Waals surface area contributed by atoms with Gasteiger partial charge in [-0.15, -0.1) is 0 Å². The van der Waals surface area contributed by atoms with Gasteiger partial charge in [0.2, 0.25) is 17.7 Å². The summed E-state index contributed by atoms with van der Waals surface area (Å²) in [6, 6.07) is 3.76. The van der Waals surface area contributed by atoms with Crippen molar-refractivity contribution >= 4 is 23.8 Å². The first-order valence-electron chi connectivity index (χ1n) is 13.3. The summed E-state index contributed by atoms with van der Waals surface area (Å²) in [6.07, 6.45) is 3.35. The molecule has 2 rings (SSSR count). The molecule has 1 aromatic rings. The van der Waals surface area contributed by atoms with Gasteiger partial charge >= 0.3 is 6.09 Å². The second-order valence-corrected chi connectivity index (χ2v) is 10.9. The zero-order valence-electron chi connectivity index (χ0n) is 23.2. The van der Waals surface area contributed by atoms with E-state index in [1.54, 1.807) is 25.7 Å². The topological polar surface area (TPSA) is 131 Å². The summed E-state index contributed by atoms with van der Waals surface area (Å²) in [6.45, 7) is 11.6. The van der Waals surface area contributed by atoms with E-state index in [0.717, 1.165) is 48.8 Å². The van der Waals surface area contributed by atoms with E-state index in [0.29, 0.717) is 6.54 Å². The van der Waals surface area contributed by atoms with E-state index in [9.17, 15) is 19.2 Å². The summed E-state index contributed by atoms with van der Waals surface area (Å²) in [5, 5.41) is 5.65. The summed E-state index contributed by atoms with van der Waals surface area (Å²) < 4.78 is 5.38. The first-order valence-corrected chi connectivity index (χ1v) is 13.3. The number of hydrogen-bond acceptors (Lipinski definition) is 5. The molecule has 2 unspecified atom stereocenters. The second kappa shape index (κ2) is 13.4. The monoisotopic (exact) mass is 516 g/mol. The first-order chi connectivity index (χ1) is 17.3. The van der Waals surface area contributed by atoms with Gasteiger partial charge in [-0.2, -0.15) is 0 Å². The molecule has 37 heavy (non-hydrogen) atoms. The lowest BCUT2D eigenvalue weighted by atomic mass is 9.86. The molecule has 1 aromatic carbocycles. The Balaban J connectivity index is 2.51. The highest BCUT2D eigenvalue weighted by atomic mass is 16.6. The van der Waals surface area contributed by atoms with Crippen LogP contribution in [0, 0.1) is 13.8 Å². The normalized spacial score (nSPS) is 15.2. The van der Waals surface area contributed by atoms with Gasteiger partial charge in [-0.05, 0) is 77.8 Å². The third-order valence-corrected chi connectivity index (χ3v) is 6.48. The van der Waals surface area contributed by atoms with Gasteiger partial charge in [-0.1, -0.05) is 37.1 Å². The predicted molar refractivity (Wildman–Crippen MR) is 143 cm³/mol. The molecule has 9 heteroatoms. The molecule has 0 saturated heterocycles. The zero-order valence-corrected chi connectivity index (χ0v) is 23.2. The zero-order chi connectivity index (χ0) is 27.8. The van der Waals surface area contributed by atoms with Crippen LogP contribution in [-0.4, -0.2) is 52.9 Å². The number of alkyl carbamates (subject to hydrolysis) is 1. The molecule has 1 saturated carbocycles. The summed E-state index contributed by atoms with van der Waals surface area (Å²) in [5.41, 5.74) is 7.23. The number of benzene rings is 1. The molecule has 0 heterocycles. The lowest BCUT2D eigenvalue weighted by molar-refractivity contribution is -0.147. The van der Waals surface area contributed by atoms with Crippen molar-refractivity contribution < 1.29 is 23.9 Å². The van der Waals surface area contributed by atoms with Crippen LogP contribution in [0.15, 0.2) is 18.2 Å². The van der Waals surface area contributed by atoms with Gasteiger partial charge in [-0.3, -0.25) is 14.4 Å². The molecular weight excluding hydrogens is 472 g/mol. The van der Waals surface area contributed by atoms with Crippen molar-refractivity contribution in [3.63, 3.8) is 0 Å². The third-order valence-electron chi connectivity index (χ3n) is 6.48. The van der Waals surface area contributed by atoms with Gasteiger partial charge < -0.3 is 26.0 Å². The second-order valence-electron chi connectivity index (χ2n) is 10.9. The average Bonchev–Trinajstić information content (AvgIpc) is 2.75. The summed E-state index contributed by atoms with van der Waals surface area (Å²) in [7, 11) is 0. The highest BCUT2D eigenvalue weighted by Gasteiger charge is 2.42. The van der Waals surface area contributed by atoms with Crippen LogP contribution in [0.5, 0.6) is 0 Å². The minimum Gasteiger partial charge on any atom is -0.444 e. The molecule has 0 aromatic heterocycles. The lowest BCUT2D eigenvalue weighted by Gasteiger charge is -2.44. The Kier molecular flexibility index (Phi) is 10.9. The van der Waals surface area contributed by atoms with Crippen molar-refractivity contribution in [2.24, 2.45) is 5.73 Å². The molecule has 0 spiro atoms. The van der Waals surface area contributed by atoms with Crippen molar-refractivity contribution in [3.8, 4) is 0 Å². The lowest BCUT2D eigenvalue weighted by Crippen LogP contribution is -2.57. The SMILES string of the molecule is CCCCNC(=O)C(c1cc(C)ccc1C)N(C(=O)C(CCC(N)=O)NC(=O)OC(C)(C)C)C1CCC1. The van der Waals surface area contributed by atoms with Gasteiger partial charge in [0.15, 0.2) is 0 Å². The maximum atomic E-state index is 14.2. The molecular formula is C28H44N4O5. The van der Waals surface area contributed by atoms with Crippen LogP contribution in [0.3, 0.4) is 0 Å². The molecule has 1 fully saturated rings. The van der Waals surface area contributed by atoms with Crippen LogP contribution in [0.25, 0.3) is 0 Å². The largest absolute Gasteiger partial charge is 0.444 e. The van der Waals surface area contributed by atoms with Gasteiger partial charge in [-0.25, -0.2) is 4.79 Å². The maximum Gasteiger partial charge on any atom is 0.408 e. The fourth-order valence-corrected chi connectivity index (χ4v) is 4.31. The molecule has 206 valence electrons. The van der Waals surface area contributed by atoms with Crippen molar-refractivity contribution in [2.75, 3.05) is 6.54 Å². The van der Waals surface area contributed by atoms with Crippen LogP contribution in [0.4, 0.5) is 4.79 Å². The minimum atomic E-state index is -1.07. The molecule has 0 aliphatic heterocycles. The fourth-order valence-electron chi connectivity index (χ4n) is 4.31. The Bertz CT molecular complexity index is 968. The van der Waals surface area contributed by atoms with E-state index in [4.69, 9.17) is 10.5 Å². The molecule has 9 nitrogen and oxygen atoms in total. The molecule has 2 atom stereocenters. The van der Waals surface area contributed by atoms with E-state index in [1.807, 2.05) is 39.0 Å². The van der Waals surface area contributed by atoms with E-state index in [1.165, 1.54) is 0 Å². The molecule has 4 N–H and O–H groups in total. The van der Waals surface area contributed by atoms with Crippen LogP contribution in [-0.2, 0) is 19.1 Å². The number of nitrogens with zero attached hydrogens (tertiary/aromatic N) is 1. The first kappa shape index (κ1) is 30.1. The Morgan fingerprint density at radius 3 is 2.38 bits per heavy atom. The molecule has 0 bridgehead atoms. The van der Waals surface area contributed by atoms with Gasteiger partial charge in [0, 0.05) is 19.0 Å². The molecule has 1 aliphatic rings. The van der Waals surface area contributed by atoms with Gasteiger partial charge in [0.05, 0.1) is 0 Å². The number of primary amides is 1. The summed E-state index contributed by atoms with van der Waals surface area (Å²) in [4.78, 5) is 53.7. The van der Waals surface area contributed by atoms with E-state index in [2.05, 4.69) is 10.6 Å². The van der Waals surface area contributed by atoms with E-state index < -0.39 is 35.6 Å². The van der Waals surface area contributed by atoms with Crippen LogP contribution in [0.1, 0.15) is 95.4 Å². The quantitative estimate of drug-likeness (QED) is 0.364. The van der Waals surface area contributed by atoms with Crippen molar-refractivity contribution in [3.05, 3.63) is 34.9 Å². The number of nitrogens with two attached hydrogens (primary N) is 1. The molecule has 0 radical (unpaired) electrons. The Hall–Kier alpha value is -3.10. The molecule has 4 amide bonds. The van der Waals surface area contributed by atoms with Gasteiger partial charge in [0.1, 0.15) is 17.7 Å². The van der Waals surface area contributed by atoms with E-state index >= 15 is 0 Å². The number of unbranched alkanes of at least 4 members (excludes halogenated alkanes) is 1. The Morgan fingerprint density at radius 1 is 1.16 bits per heavy atom. The summed E-state index contributed by atoms with van der Waals surface area (Å²) in [5.74, 6) is -1.26. The van der Waals surface area contributed by atoms with Crippen LogP contribution in [0.2, 0.25) is 0 Å². The smallest absolute Gasteiger partial charge is 0.408 e. The van der Waals surface area contributed by atoms with Gasteiger partial charge in [0.25, 0.3) is 0 Å². The number of aryl methyl sites for hydroxylation is 2. The highest BCUT2D eigenvalue weighted by Crippen LogP contribution is 2.35.